The maximum Gasteiger partial charge on any atom is 0.376 e. The highest BCUT2D eigenvalue weighted by molar-refractivity contribution is 6.45. The van der Waals surface area contributed by atoms with Crippen LogP contribution in [0.1, 0.15) is 12.0 Å². The summed E-state index contributed by atoms with van der Waals surface area (Å²) in [6.45, 7) is 3.14. The first-order chi connectivity index (χ1) is 9.49. The molecule has 2 atom stereocenters. The predicted molar refractivity (Wildman–Crippen MR) is 74.4 cm³/mol. The molecule has 3 rings (SSSR count). The molecule has 2 fully saturated rings. The molecule has 20 heavy (non-hydrogen) atoms. The van der Waals surface area contributed by atoms with Gasteiger partial charge in [0.15, 0.2) is 0 Å². The van der Waals surface area contributed by atoms with Crippen LogP contribution in [0.25, 0.3) is 0 Å². The Labute approximate surface area is 117 Å². The molecule has 1 aromatic carbocycles. The molecule has 0 amide bonds. The van der Waals surface area contributed by atoms with E-state index < -0.39 is 12.0 Å². The Morgan fingerprint density at radius 3 is 2.80 bits per heavy atom. The summed E-state index contributed by atoms with van der Waals surface area (Å²) in [6.07, 6.45) is 1.64. The summed E-state index contributed by atoms with van der Waals surface area (Å²) in [7, 11) is -0.456. The van der Waals surface area contributed by atoms with Crippen molar-refractivity contribution in [2.75, 3.05) is 13.2 Å². The van der Waals surface area contributed by atoms with Gasteiger partial charge in [-0.15, -0.1) is 0 Å². The van der Waals surface area contributed by atoms with Gasteiger partial charge in [-0.1, -0.05) is 12.1 Å². The summed E-state index contributed by atoms with van der Waals surface area (Å²) < 4.78 is 5.91. The molecule has 1 unspecified atom stereocenters. The Hall–Kier alpha value is -1.44. The lowest BCUT2D eigenvalue weighted by atomic mass is 9.84. The molecule has 6 nitrogen and oxygen atoms in total. The van der Waals surface area contributed by atoms with Gasteiger partial charge in [0.25, 0.3) is 5.69 Å². The second-order valence-corrected chi connectivity index (χ2v) is 5.76. The number of nitro groups is 1. The van der Waals surface area contributed by atoms with Gasteiger partial charge in [-0.3, -0.25) is 10.1 Å². The van der Waals surface area contributed by atoms with Crippen LogP contribution in [0.2, 0.25) is 6.82 Å². The smallest absolute Gasteiger partial charge is 0.376 e. The second kappa shape index (κ2) is 4.84. The van der Waals surface area contributed by atoms with Crippen molar-refractivity contribution in [2.45, 2.75) is 31.3 Å². The lowest BCUT2D eigenvalue weighted by Gasteiger charge is -2.33. The molecule has 2 aliphatic rings. The molecule has 7 heteroatoms. The molecule has 2 aliphatic heterocycles. The molecule has 1 N–H and O–H groups in total. The summed E-state index contributed by atoms with van der Waals surface area (Å²) in [5, 5.41) is 20.4. The van der Waals surface area contributed by atoms with Crippen LogP contribution in [-0.4, -0.2) is 46.6 Å². The van der Waals surface area contributed by atoms with Crippen LogP contribution in [0, 0.1) is 10.1 Å². The number of nitrogens with zero attached hydrogens (tertiary/aromatic N) is 2. The van der Waals surface area contributed by atoms with E-state index in [2.05, 4.69) is 4.81 Å². The van der Waals surface area contributed by atoms with Gasteiger partial charge >= 0.3 is 7.05 Å². The first-order valence-electron chi connectivity index (χ1n) is 6.80. The van der Waals surface area contributed by atoms with Gasteiger partial charge in [0.2, 0.25) is 0 Å². The molecule has 1 aromatic rings. The molecular formula is C13H17BN2O4. The van der Waals surface area contributed by atoms with Gasteiger partial charge in [-0.25, -0.2) is 0 Å². The van der Waals surface area contributed by atoms with Gasteiger partial charge in [-0.2, -0.15) is 0 Å². The Morgan fingerprint density at radius 2 is 2.25 bits per heavy atom. The fraction of sp³-hybridized carbons (Fsp3) is 0.538. The highest BCUT2D eigenvalue weighted by Gasteiger charge is 2.52. The van der Waals surface area contributed by atoms with E-state index in [1.54, 1.807) is 19.0 Å². The first-order valence-corrected chi connectivity index (χ1v) is 6.80. The normalized spacial score (nSPS) is 28.8. The minimum Gasteiger partial charge on any atom is -0.437 e. The monoisotopic (exact) mass is 276 g/mol. The fourth-order valence-electron chi connectivity index (χ4n) is 3.33. The largest absolute Gasteiger partial charge is 0.437 e. The molecular weight excluding hydrogens is 259 g/mol. The summed E-state index contributed by atoms with van der Waals surface area (Å²) in [5.74, 6) is 0. The van der Waals surface area contributed by atoms with Crippen LogP contribution >= 0.6 is 0 Å². The van der Waals surface area contributed by atoms with Crippen LogP contribution in [0.5, 0.6) is 0 Å². The maximum atomic E-state index is 10.6. The Kier molecular flexibility index (Phi) is 3.28. The zero-order valence-electron chi connectivity index (χ0n) is 11.4. The van der Waals surface area contributed by atoms with Gasteiger partial charge in [0, 0.05) is 31.1 Å². The molecule has 0 radical (unpaired) electrons. The van der Waals surface area contributed by atoms with Crippen molar-refractivity contribution in [3.8, 4) is 0 Å². The van der Waals surface area contributed by atoms with E-state index in [0.717, 1.165) is 18.4 Å². The maximum absolute atomic E-state index is 10.6. The predicted octanol–water partition coefficient (Wildman–Crippen LogP) is 1.09. The van der Waals surface area contributed by atoms with E-state index in [4.69, 9.17) is 4.74 Å². The summed E-state index contributed by atoms with van der Waals surface area (Å²) in [4.78, 5) is 12.3. The highest BCUT2D eigenvalue weighted by Crippen LogP contribution is 2.40. The fourth-order valence-corrected chi connectivity index (χ4v) is 3.33. The average molecular weight is 276 g/mol. The highest BCUT2D eigenvalue weighted by atomic mass is 16.6. The quantitative estimate of drug-likeness (QED) is 0.506. The molecule has 0 aliphatic carbocycles. The SMILES string of the molecule is CB(O)N1C[C@]2(Cc3ccc([N+](=O)[O-])cc3)CC1CO2. The van der Waals surface area contributed by atoms with E-state index >= 15 is 0 Å². The minimum absolute atomic E-state index is 0.105. The second-order valence-electron chi connectivity index (χ2n) is 5.76. The lowest BCUT2D eigenvalue weighted by Crippen LogP contribution is -2.49. The van der Waals surface area contributed by atoms with Crippen LogP contribution in [0.4, 0.5) is 5.69 Å². The molecule has 2 heterocycles. The number of nitro benzene ring substituents is 1. The van der Waals surface area contributed by atoms with Crippen molar-refractivity contribution >= 4 is 12.7 Å². The van der Waals surface area contributed by atoms with E-state index in [1.165, 1.54) is 12.1 Å². The number of ether oxygens (including phenoxy) is 1. The van der Waals surface area contributed by atoms with Crippen molar-refractivity contribution in [2.24, 2.45) is 0 Å². The van der Waals surface area contributed by atoms with Crippen molar-refractivity contribution in [3.05, 3.63) is 39.9 Å². The molecule has 106 valence electrons. The van der Waals surface area contributed by atoms with E-state index in [9.17, 15) is 15.1 Å². The van der Waals surface area contributed by atoms with Crippen molar-refractivity contribution in [3.63, 3.8) is 0 Å². The zero-order valence-corrected chi connectivity index (χ0v) is 11.4. The molecule has 0 spiro atoms. The Balaban J connectivity index is 1.73. The van der Waals surface area contributed by atoms with Crippen molar-refractivity contribution < 1.29 is 14.7 Å². The summed E-state index contributed by atoms with van der Waals surface area (Å²) >= 11 is 0. The summed E-state index contributed by atoms with van der Waals surface area (Å²) in [5.41, 5.74) is 0.884. The number of fused-ring (bicyclic) bond motifs is 2. The third-order valence-electron chi connectivity index (χ3n) is 4.28. The van der Waals surface area contributed by atoms with E-state index in [1.807, 2.05) is 0 Å². The number of morpholine rings is 1. The van der Waals surface area contributed by atoms with Gasteiger partial charge in [0.05, 0.1) is 17.1 Å². The zero-order chi connectivity index (χ0) is 14.3. The lowest BCUT2D eigenvalue weighted by molar-refractivity contribution is -0.384. The van der Waals surface area contributed by atoms with Crippen LogP contribution in [-0.2, 0) is 11.2 Å². The third-order valence-corrected chi connectivity index (χ3v) is 4.28. The number of hydrogen-bond acceptors (Lipinski definition) is 5. The molecule has 2 saturated heterocycles. The minimum atomic E-state index is -0.456. The number of rotatable bonds is 4. The van der Waals surface area contributed by atoms with E-state index in [0.29, 0.717) is 13.2 Å². The van der Waals surface area contributed by atoms with Gasteiger partial charge in [-0.05, 0) is 18.8 Å². The molecule has 0 saturated carbocycles. The topological polar surface area (TPSA) is 75.8 Å². The standard InChI is InChI=1S/C13H17BN2O4/c1-14(17)15-9-13(7-12(15)8-20-13)6-10-2-4-11(5-3-10)16(18)19/h2-5,12,17H,6-9H2,1H3/t12?,13-/m0/s1. The number of hydrogen-bond donors (Lipinski definition) is 1. The Bertz CT molecular complexity index is 522. The van der Waals surface area contributed by atoms with Gasteiger partial charge < -0.3 is 14.6 Å². The number of non-ortho nitro benzene ring substituents is 1. The third kappa shape index (κ3) is 2.32. The van der Waals surface area contributed by atoms with Crippen molar-refractivity contribution in [1.29, 1.82) is 0 Å². The first kappa shape index (κ1) is 13.5. The molecule has 2 bridgehead atoms. The van der Waals surface area contributed by atoms with Crippen molar-refractivity contribution in [1.82, 2.24) is 4.81 Å². The Morgan fingerprint density at radius 1 is 1.55 bits per heavy atom. The summed E-state index contributed by atoms with van der Waals surface area (Å²) in [6, 6.07) is 6.91. The number of benzene rings is 1. The van der Waals surface area contributed by atoms with Gasteiger partial charge in [0.1, 0.15) is 0 Å². The van der Waals surface area contributed by atoms with Crippen LogP contribution in [0.3, 0.4) is 0 Å². The average Bonchev–Trinajstić information content (AvgIpc) is 2.97. The van der Waals surface area contributed by atoms with Crippen LogP contribution in [0.15, 0.2) is 24.3 Å². The molecule has 0 aromatic heterocycles. The van der Waals surface area contributed by atoms with Crippen LogP contribution < -0.4 is 0 Å². The van der Waals surface area contributed by atoms with E-state index in [-0.39, 0.29) is 17.3 Å².